The first kappa shape index (κ1) is 18.1. The van der Waals surface area contributed by atoms with Crippen molar-refractivity contribution < 1.29 is 14.3 Å². The molecule has 0 aliphatic carbocycles. The zero-order valence-electron chi connectivity index (χ0n) is 15.2. The van der Waals surface area contributed by atoms with Crippen LogP contribution in [0.5, 0.6) is 5.75 Å². The van der Waals surface area contributed by atoms with E-state index in [1.165, 1.54) is 35.1 Å². The summed E-state index contributed by atoms with van der Waals surface area (Å²) in [7, 11) is 0. The number of nitrogens with zero attached hydrogens (tertiary/aromatic N) is 5. The van der Waals surface area contributed by atoms with Crippen LogP contribution in [0.25, 0.3) is 5.69 Å². The smallest absolute Gasteiger partial charge is 0.278 e. The third kappa shape index (κ3) is 3.86. The highest BCUT2D eigenvalue weighted by Crippen LogP contribution is 2.21. The van der Waals surface area contributed by atoms with E-state index in [1.807, 2.05) is 18.2 Å². The number of hydrogen-bond donors (Lipinski definition) is 1. The first-order chi connectivity index (χ1) is 13.6. The van der Waals surface area contributed by atoms with Gasteiger partial charge in [0.05, 0.1) is 17.6 Å². The van der Waals surface area contributed by atoms with Gasteiger partial charge < -0.3 is 10.0 Å². The lowest BCUT2D eigenvalue weighted by Gasteiger charge is -2.34. The van der Waals surface area contributed by atoms with Crippen molar-refractivity contribution in [1.29, 1.82) is 0 Å². The normalized spacial score (nSPS) is 15.0. The average Bonchev–Trinajstić information content (AvgIpc) is 3.11. The van der Waals surface area contributed by atoms with Gasteiger partial charge in [0.1, 0.15) is 5.82 Å². The Morgan fingerprint density at radius 3 is 2.50 bits per heavy atom. The lowest BCUT2D eigenvalue weighted by atomic mass is 10.2. The summed E-state index contributed by atoms with van der Waals surface area (Å²) < 4.78 is 14.5. The molecular weight excluding hydrogens is 361 g/mol. The number of amides is 1. The number of rotatable bonds is 4. The summed E-state index contributed by atoms with van der Waals surface area (Å²) in [6.07, 6.45) is 3.13. The second kappa shape index (κ2) is 7.77. The van der Waals surface area contributed by atoms with Crippen molar-refractivity contribution in [2.24, 2.45) is 0 Å². The molecule has 0 atom stereocenters. The monoisotopic (exact) mass is 381 g/mol. The maximum atomic E-state index is 13.1. The molecule has 1 saturated heterocycles. The molecule has 0 spiro atoms. The van der Waals surface area contributed by atoms with E-state index in [2.05, 4.69) is 15.0 Å². The third-order valence-corrected chi connectivity index (χ3v) is 4.76. The van der Waals surface area contributed by atoms with Crippen molar-refractivity contribution >= 4 is 5.91 Å². The summed E-state index contributed by atoms with van der Waals surface area (Å²) in [6, 6.07) is 11.5. The molecule has 1 aliphatic heterocycles. The molecule has 1 N–H and O–H groups in total. The number of benzene rings is 1. The molecule has 1 aromatic carbocycles. The number of piperazine rings is 1. The molecule has 8 heteroatoms. The van der Waals surface area contributed by atoms with Gasteiger partial charge >= 0.3 is 0 Å². The van der Waals surface area contributed by atoms with Gasteiger partial charge in [-0.25, -0.2) is 9.07 Å². The van der Waals surface area contributed by atoms with Gasteiger partial charge in [-0.15, -0.1) is 0 Å². The fourth-order valence-electron chi connectivity index (χ4n) is 3.22. The van der Waals surface area contributed by atoms with Gasteiger partial charge in [-0.2, -0.15) is 5.10 Å². The van der Waals surface area contributed by atoms with E-state index < -0.39 is 0 Å². The van der Waals surface area contributed by atoms with Crippen LogP contribution in [-0.4, -0.2) is 61.8 Å². The lowest BCUT2D eigenvalue weighted by molar-refractivity contribution is 0.0618. The zero-order chi connectivity index (χ0) is 19.5. The van der Waals surface area contributed by atoms with Crippen LogP contribution in [0.4, 0.5) is 4.39 Å². The maximum Gasteiger partial charge on any atom is 0.278 e. The van der Waals surface area contributed by atoms with Crippen molar-refractivity contribution in [3.63, 3.8) is 0 Å². The fraction of sp³-hybridized carbons (Fsp3) is 0.250. The standard InChI is InChI=1S/C20H20FN5O2/c21-15-4-6-17(7-5-15)26-14-18(27)19(23-26)20(28)25-11-9-24(10-12-25)13-16-3-1-2-8-22-16/h1-8,14,27H,9-13H2. The number of pyridine rings is 1. The number of carbonyl (C=O) groups is 1. The van der Waals surface area contributed by atoms with E-state index in [0.29, 0.717) is 18.8 Å². The first-order valence-electron chi connectivity index (χ1n) is 9.06. The third-order valence-electron chi connectivity index (χ3n) is 4.76. The Bertz CT molecular complexity index is 950. The summed E-state index contributed by atoms with van der Waals surface area (Å²) in [4.78, 5) is 21.0. The van der Waals surface area contributed by atoms with Gasteiger partial charge in [-0.05, 0) is 36.4 Å². The number of halogens is 1. The maximum absolute atomic E-state index is 13.1. The molecule has 1 amide bonds. The number of carbonyl (C=O) groups excluding carboxylic acids is 1. The van der Waals surface area contributed by atoms with Crippen LogP contribution in [0.1, 0.15) is 16.2 Å². The molecule has 0 bridgehead atoms. The largest absolute Gasteiger partial charge is 0.504 e. The Kier molecular flexibility index (Phi) is 5.03. The molecule has 2 aromatic heterocycles. The molecule has 7 nitrogen and oxygen atoms in total. The fourth-order valence-corrected chi connectivity index (χ4v) is 3.22. The minimum atomic E-state index is -0.361. The number of aromatic hydroxyl groups is 1. The highest BCUT2D eigenvalue weighted by atomic mass is 19.1. The molecule has 4 rings (SSSR count). The number of hydrogen-bond acceptors (Lipinski definition) is 5. The van der Waals surface area contributed by atoms with Crippen LogP contribution >= 0.6 is 0 Å². The van der Waals surface area contributed by atoms with E-state index in [9.17, 15) is 14.3 Å². The Balaban J connectivity index is 1.41. The van der Waals surface area contributed by atoms with Crippen LogP contribution in [0.2, 0.25) is 0 Å². The SMILES string of the molecule is O=C(c1nn(-c2ccc(F)cc2)cc1O)N1CCN(Cc2ccccn2)CC1. The van der Waals surface area contributed by atoms with Crippen molar-refractivity contribution in [1.82, 2.24) is 24.6 Å². The minimum absolute atomic E-state index is 0.00232. The lowest BCUT2D eigenvalue weighted by Crippen LogP contribution is -2.48. The quantitative estimate of drug-likeness (QED) is 0.749. The summed E-state index contributed by atoms with van der Waals surface area (Å²) >= 11 is 0. The molecule has 28 heavy (non-hydrogen) atoms. The van der Waals surface area contributed by atoms with Gasteiger partial charge in [-0.1, -0.05) is 6.07 Å². The summed E-state index contributed by atoms with van der Waals surface area (Å²) in [6.45, 7) is 3.29. The molecule has 0 saturated carbocycles. The first-order valence-corrected chi connectivity index (χ1v) is 9.06. The van der Waals surface area contributed by atoms with Gasteiger partial charge in [-0.3, -0.25) is 14.7 Å². The van der Waals surface area contributed by atoms with E-state index in [-0.39, 0.29) is 23.2 Å². The van der Waals surface area contributed by atoms with Crippen molar-refractivity contribution in [3.05, 3.63) is 72.1 Å². The molecule has 3 aromatic rings. The Hall–Kier alpha value is -3.26. The Labute approximate surface area is 161 Å². The van der Waals surface area contributed by atoms with Crippen molar-refractivity contribution in [2.45, 2.75) is 6.54 Å². The molecule has 0 radical (unpaired) electrons. The molecule has 1 fully saturated rings. The van der Waals surface area contributed by atoms with Crippen molar-refractivity contribution in [2.75, 3.05) is 26.2 Å². The van der Waals surface area contributed by atoms with E-state index in [0.717, 1.165) is 25.3 Å². The average molecular weight is 381 g/mol. The van der Waals surface area contributed by atoms with Gasteiger partial charge in [0, 0.05) is 38.9 Å². The van der Waals surface area contributed by atoms with Gasteiger partial charge in [0.15, 0.2) is 11.4 Å². The number of aromatic nitrogens is 3. The predicted octanol–water partition coefficient (Wildman–Crippen LogP) is 2.07. The van der Waals surface area contributed by atoms with Gasteiger partial charge in [0.25, 0.3) is 5.91 Å². The molecule has 144 valence electrons. The van der Waals surface area contributed by atoms with Crippen LogP contribution in [0, 0.1) is 5.82 Å². The van der Waals surface area contributed by atoms with Crippen molar-refractivity contribution in [3.8, 4) is 11.4 Å². The Morgan fingerprint density at radius 1 is 1.07 bits per heavy atom. The second-order valence-electron chi connectivity index (χ2n) is 6.67. The molecular formula is C20H20FN5O2. The molecule has 3 heterocycles. The van der Waals surface area contributed by atoms with E-state index >= 15 is 0 Å². The molecule has 0 unspecified atom stereocenters. The second-order valence-corrected chi connectivity index (χ2v) is 6.67. The molecule has 1 aliphatic rings. The Morgan fingerprint density at radius 2 is 1.82 bits per heavy atom. The van der Waals surface area contributed by atoms with E-state index in [4.69, 9.17) is 0 Å². The van der Waals surface area contributed by atoms with E-state index in [1.54, 1.807) is 11.1 Å². The topological polar surface area (TPSA) is 74.5 Å². The summed E-state index contributed by atoms with van der Waals surface area (Å²) in [5.41, 5.74) is 1.57. The highest BCUT2D eigenvalue weighted by molar-refractivity contribution is 5.95. The van der Waals surface area contributed by atoms with Crippen LogP contribution in [0.3, 0.4) is 0 Å². The summed E-state index contributed by atoms with van der Waals surface area (Å²) in [5.74, 6) is -0.860. The van der Waals surface area contributed by atoms with Crippen LogP contribution < -0.4 is 0 Å². The summed E-state index contributed by atoms with van der Waals surface area (Å²) in [5, 5.41) is 14.4. The van der Waals surface area contributed by atoms with Crippen LogP contribution in [-0.2, 0) is 6.54 Å². The van der Waals surface area contributed by atoms with Crippen LogP contribution in [0.15, 0.2) is 54.9 Å². The minimum Gasteiger partial charge on any atom is -0.504 e. The highest BCUT2D eigenvalue weighted by Gasteiger charge is 2.26. The zero-order valence-corrected chi connectivity index (χ0v) is 15.2. The van der Waals surface area contributed by atoms with Gasteiger partial charge in [0.2, 0.25) is 0 Å². The predicted molar refractivity (Wildman–Crippen MR) is 101 cm³/mol.